The van der Waals surface area contributed by atoms with E-state index in [1.165, 1.54) is 0 Å². The highest BCUT2D eigenvalue weighted by Crippen LogP contribution is 2.07. The molecule has 0 bridgehead atoms. The van der Waals surface area contributed by atoms with E-state index in [1.807, 2.05) is 20.8 Å². The molecule has 0 aromatic carbocycles. The normalized spacial score (nSPS) is 9.18. The maximum atomic E-state index is 5.51. The molecule has 0 heterocycles. The molecule has 2 heteroatoms. The van der Waals surface area contributed by atoms with Crippen molar-refractivity contribution < 1.29 is 9.47 Å². The van der Waals surface area contributed by atoms with E-state index < -0.39 is 0 Å². The Morgan fingerprint density at radius 2 is 1.47 bits per heavy atom. The van der Waals surface area contributed by atoms with Crippen molar-refractivity contribution in [1.29, 1.82) is 0 Å². The van der Waals surface area contributed by atoms with Gasteiger partial charge >= 0.3 is 0 Å². The van der Waals surface area contributed by atoms with Crippen LogP contribution in [0.3, 0.4) is 0 Å². The largest absolute Gasteiger partial charge is 0.340 e. The summed E-state index contributed by atoms with van der Waals surface area (Å²) < 4.78 is 11.0. The minimum atomic E-state index is -0.287. The van der Waals surface area contributed by atoms with Gasteiger partial charge in [0.05, 0.1) is 0 Å². The third-order valence-electron chi connectivity index (χ3n) is 1.80. The van der Waals surface area contributed by atoms with Gasteiger partial charge in [-0.05, 0) is 6.92 Å². The minimum Gasteiger partial charge on any atom is -0.340 e. The average molecular weight is 234 g/mol. The number of ether oxygens (including phenoxy) is 2. The number of hydrogen-bond donors (Lipinski definition) is 0. The lowest BCUT2D eigenvalue weighted by molar-refractivity contribution is -0.122. The molecule has 0 spiro atoms. The third-order valence-corrected chi connectivity index (χ3v) is 1.80. The highest BCUT2D eigenvalue weighted by atomic mass is 16.7. The first-order valence-corrected chi connectivity index (χ1v) is 5.99. The minimum absolute atomic E-state index is 0.287. The molecule has 0 aromatic rings. The van der Waals surface area contributed by atoms with Gasteiger partial charge in [-0.1, -0.05) is 37.8 Å². The fourth-order valence-corrected chi connectivity index (χ4v) is 1.07. The molecule has 0 atom stereocenters. The Morgan fingerprint density at radius 3 is 1.82 bits per heavy atom. The summed E-state index contributed by atoms with van der Waals surface area (Å²) in [6.07, 6.45) is 2.08. The van der Waals surface area contributed by atoms with Gasteiger partial charge in [-0.2, -0.15) is 0 Å². The molecule has 0 saturated carbocycles. The Hall–Kier alpha value is -1.22. The maximum absolute atomic E-state index is 5.51. The van der Waals surface area contributed by atoms with Crippen molar-refractivity contribution in [1.82, 2.24) is 0 Å². The van der Waals surface area contributed by atoms with Crippen molar-refractivity contribution >= 4 is 0 Å². The van der Waals surface area contributed by atoms with Gasteiger partial charge in [0.2, 0.25) is 0 Å². The molecule has 0 amide bonds. The Balaban J connectivity index is 4.00. The van der Waals surface area contributed by atoms with Crippen LogP contribution in [-0.4, -0.2) is 19.5 Å². The Bertz CT molecular complexity index is 296. The quantitative estimate of drug-likeness (QED) is 0.399. The lowest BCUT2D eigenvalue weighted by atomic mass is 10.2. The van der Waals surface area contributed by atoms with E-state index in [0.29, 0.717) is 19.6 Å². The van der Waals surface area contributed by atoms with Crippen LogP contribution in [0.25, 0.3) is 0 Å². The molecule has 0 aliphatic rings. The molecule has 2 nitrogen and oxygen atoms in total. The molecule has 0 aliphatic heterocycles. The lowest BCUT2D eigenvalue weighted by Gasteiger charge is -2.15. The van der Waals surface area contributed by atoms with E-state index in [4.69, 9.17) is 9.47 Å². The Kier molecular flexibility index (Phi) is 10.5. The zero-order chi connectivity index (χ0) is 12.9. The molecule has 0 aromatic heterocycles. The van der Waals surface area contributed by atoms with Crippen molar-refractivity contribution in [3.8, 4) is 23.7 Å². The van der Waals surface area contributed by atoms with E-state index in [2.05, 4.69) is 30.3 Å². The van der Waals surface area contributed by atoms with Gasteiger partial charge in [-0.25, -0.2) is 0 Å². The highest BCUT2D eigenvalue weighted by Gasteiger charge is 2.08. The Labute approximate surface area is 105 Å². The molecular weight excluding hydrogens is 212 g/mol. The van der Waals surface area contributed by atoms with Crippen molar-refractivity contribution in [2.75, 3.05) is 13.2 Å². The molecule has 0 saturated heterocycles. The molecule has 0 unspecified atom stereocenters. The van der Waals surface area contributed by atoms with E-state index >= 15 is 0 Å². The first-order valence-electron chi connectivity index (χ1n) is 5.99. The predicted octanol–water partition coefficient (Wildman–Crippen LogP) is 3.14. The van der Waals surface area contributed by atoms with Crippen LogP contribution in [0, 0.1) is 23.7 Å². The fraction of sp³-hybridized carbons (Fsp3) is 0.600. The second-order valence-corrected chi connectivity index (χ2v) is 3.63. The SMILES string of the molecule is C=C(C)CC(OCC#CCC)OCC#CCC. The summed E-state index contributed by atoms with van der Waals surface area (Å²) in [7, 11) is 0. The lowest BCUT2D eigenvalue weighted by Crippen LogP contribution is -2.18. The van der Waals surface area contributed by atoms with Crippen LogP contribution in [0.15, 0.2) is 12.2 Å². The molecule has 0 fully saturated rings. The summed E-state index contributed by atoms with van der Waals surface area (Å²) in [5.41, 5.74) is 1.03. The maximum Gasteiger partial charge on any atom is 0.163 e. The molecule has 94 valence electrons. The summed E-state index contributed by atoms with van der Waals surface area (Å²) >= 11 is 0. The first kappa shape index (κ1) is 15.8. The number of rotatable bonds is 6. The van der Waals surface area contributed by atoms with Crippen LogP contribution in [0.2, 0.25) is 0 Å². The highest BCUT2D eigenvalue weighted by molar-refractivity contribution is 4.99. The van der Waals surface area contributed by atoms with E-state index in [1.54, 1.807) is 0 Å². The van der Waals surface area contributed by atoms with Crippen molar-refractivity contribution in [2.45, 2.75) is 46.3 Å². The summed E-state index contributed by atoms with van der Waals surface area (Å²) in [4.78, 5) is 0. The van der Waals surface area contributed by atoms with E-state index in [9.17, 15) is 0 Å². The molecule has 0 rings (SSSR count). The van der Waals surface area contributed by atoms with Gasteiger partial charge in [-0.3, -0.25) is 0 Å². The van der Waals surface area contributed by atoms with Crippen LogP contribution in [0.5, 0.6) is 0 Å². The first-order chi connectivity index (χ1) is 8.20. The summed E-state index contributed by atoms with van der Waals surface area (Å²) in [5.74, 6) is 11.7. The summed E-state index contributed by atoms with van der Waals surface area (Å²) in [6, 6.07) is 0. The zero-order valence-electron chi connectivity index (χ0n) is 11.1. The third kappa shape index (κ3) is 11.1. The van der Waals surface area contributed by atoms with Gasteiger partial charge in [0.15, 0.2) is 6.29 Å². The number of hydrogen-bond acceptors (Lipinski definition) is 2. The van der Waals surface area contributed by atoms with Crippen LogP contribution in [-0.2, 0) is 9.47 Å². The van der Waals surface area contributed by atoms with Gasteiger partial charge < -0.3 is 9.47 Å². The van der Waals surface area contributed by atoms with Crippen molar-refractivity contribution in [3.63, 3.8) is 0 Å². The van der Waals surface area contributed by atoms with Gasteiger partial charge in [0.25, 0.3) is 0 Å². The van der Waals surface area contributed by atoms with E-state index in [0.717, 1.165) is 18.4 Å². The van der Waals surface area contributed by atoms with Gasteiger partial charge in [-0.15, -0.1) is 11.8 Å². The molecule has 0 N–H and O–H groups in total. The van der Waals surface area contributed by atoms with Gasteiger partial charge in [0.1, 0.15) is 13.2 Å². The standard InChI is InChI=1S/C15H22O2/c1-5-7-9-11-16-15(13-14(3)4)17-12-10-8-6-2/h15H,3,5-6,11-13H2,1-2,4H3. The predicted molar refractivity (Wildman–Crippen MR) is 71.3 cm³/mol. The van der Waals surface area contributed by atoms with Crippen LogP contribution in [0.4, 0.5) is 0 Å². The monoisotopic (exact) mass is 234 g/mol. The summed E-state index contributed by atoms with van der Waals surface area (Å²) in [6.45, 7) is 10.6. The smallest absolute Gasteiger partial charge is 0.163 e. The molecule has 0 aliphatic carbocycles. The summed E-state index contributed by atoms with van der Waals surface area (Å²) in [5, 5.41) is 0. The van der Waals surface area contributed by atoms with Crippen molar-refractivity contribution in [2.24, 2.45) is 0 Å². The zero-order valence-corrected chi connectivity index (χ0v) is 11.1. The Morgan fingerprint density at radius 1 is 1.00 bits per heavy atom. The fourth-order valence-electron chi connectivity index (χ4n) is 1.07. The van der Waals surface area contributed by atoms with Crippen molar-refractivity contribution in [3.05, 3.63) is 12.2 Å². The van der Waals surface area contributed by atoms with E-state index in [-0.39, 0.29) is 6.29 Å². The second-order valence-electron chi connectivity index (χ2n) is 3.63. The molecule has 17 heavy (non-hydrogen) atoms. The van der Waals surface area contributed by atoms with Gasteiger partial charge in [0, 0.05) is 19.3 Å². The topological polar surface area (TPSA) is 18.5 Å². The van der Waals surface area contributed by atoms with Crippen LogP contribution >= 0.6 is 0 Å². The molecular formula is C15H22O2. The second kappa shape index (κ2) is 11.3. The van der Waals surface area contributed by atoms with Crippen LogP contribution < -0.4 is 0 Å². The average Bonchev–Trinajstić information content (AvgIpc) is 2.29. The molecule has 0 radical (unpaired) electrons. The van der Waals surface area contributed by atoms with Crippen LogP contribution in [0.1, 0.15) is 40.0 Å².